The van der Waals surface area contributed by atoms with Gasteiger partial charge in [0.1, 0.15) is 17.0 Å². The first-order valence-corrected chi connectivity index (χ1v) is 9.43. The molecule has 3 aromatic heterocycles. The molecule has 0 unspecified atom stereocenters. The largest absolute Gasteiger partial charge is 0.369 e. The molecule has 0 aliphatic carbocycles. The van der Waals surface area contributed by atoms with Crippen LogP contribution in [0.1, 0.15) is 5.56 Å². The number of fused-ring (bicyclic) bond motifs is 3. The summed E-state index contributed by atoms with van der Waals surface area (Å²) in [5, 5.41) is 11.8. The molecule has 4 rings (SSSR count). The molecule has 8 heteroatoms. The molecule has 0 bridgehead atoms. The maximum Gasteiger partial charge on any atom is 0.319 e. The highest BCUT2D eigenvalue weighted by Crippen LogP contribution is 2.32. The van der Waals surface area contributed by atoms with Crippen molar-refractivity contribution in [3.05, 3.63) is 51.8 Å². The van der Waals surface area contributed by atoms with E-state index in [1.165, 1.54) is 11.3 Å². The smallest absolute Gasteiger partial charge is 0.319 e. The normalized spacial score (nSPS) is 11.0. The zero-order chi connectivity index (χ0) is 17.6. The molecule has 3 heterocycles. The second-order valence-electron chi connectivity index (χ2n) is 5.32. The van der Waals surface area contributed by atoms with Gasteiger partial charge >= 0.3 is 5.56 Å². The SMILES string of the molecule is CSc1ccc(-c2c(C#N)c(N)nc3c2c(=O)[nH]c2scc[n+]23)cc1. The number of hydrogen-bond acceptors (Lipinski definition) is 6. The molecular weight excluding hydrogens is 354 g/mol. The Kier molecular flexibility index (Phi) is 3.67. The van der Waals surface area contributed by atoms with Crippen LogP contribution in [0.25, 0.3) is 27.1 Å². The quantitative estimate of drug-likeness (QED) is 0.419. The maximum atomic E-state index is 12.7. The van der Waals surface area contributed by atoms with Crippen LogP contribution < -0.4 is 15.7 Å². The Morgan fingerprint density at radius 1 is 1.36 bits per heavy atom. The number of nitrogens with zero attached hydrogens (tertiary/aromatic N) is 3. The molecule has 0 saturated heterocycles. The summed E-state index contributed by atoms with van der Waals surface area (Å²) in [4.78, 5) is 21.7. The number of pyridine rings is 1. The van der Waals surface area contributed by atoms with Crippen molar-refractivity contribution in [1.82, 2.24) is 9.97 Å². The number of aromatic nitrogens is 3. The summed E-state index contributed by atoms with van der Waals surface area (Å²) in [6, 6.07) is 9.79. The van der Waals surface area contributed by atoms with E-state index < -0.39 is 0 Å². The fourth-order valence-electron chi connectivity index (χ4n) is 2.84. The molecule has 0 aliphatic rings. The fraction of sp³-hybridized carbons (Fsp3) is 0.0588. The van der Waals surface area contributed by atoms with E-state index in [0.717, 1.165) is 10.5 Å². The van der Waals surface area contributed by atoms with Gasteiger partial charge in [-0.25, -0.2) is 4.98 Å². The Bertz CT molecular complexity index is 1220. The van der Waals surface area contributed by atoms with Gasteiger partial charge in [0.15, 0.2) is 0 Å². The molecule has 6 nitrogen and oxygen atoms in total. The summed E-state index contributed by atoms with van der Waals surface area (Å²) >= 11 is 3.02. The van der Waals surface area contributed by atoms with Crippen LogP contribution in [0.3, 0.4) is 0 Å². The molecule has 1 aromatic carbocycles. The number of nitrogens with two attached hydrogens (primary N) is 1. The van der Waals surface area contributed by atoms with E-state index in [0.29, 0.717) is 21.6 Å². The number of benzene rings is 1. The van der Waals surface area contributed by atoms with Crippen LogP contribution in [0.15, 0.2) is 45.5 Å². The molecule has 0 amide bonds. The van der Waals surface area contributed by atoms with Crippen molar-refractivity contribution in [3.63, 3.8) is 0 Å². The summed E-state index contributed by atoms with van der Waals surface area (Å²) in [6.45, 7) is 0. The number of nitrogens with one attached hydrogen (secondary N) is 1. The Labute approximate surface area is 150 Å². The van der Waals surface area contributed by atoms with Gasteiger partial charge in [-0.15, -0.1) is 11.8 Å². The average Bonchev–Trinajstić information content (AvgIpc) is 3.09. The van der Waals surface area contributed by atoms with Gasteiger partial charge in [-0.05, 0) is 24.0 Å². The van der Waals surface area contributed by atoms with Gasteiger partial charge in [-0.3, -0.25) is 4.79 Å². The monoisotopic (exact) mass is 366 g/mol. The second kappa shape index (κ2) is 5.88. The Balaban J connectivity index is 2.20. The van der Waals surface area contributed by atoms with Crippen LogP contribution in [-0.2, 0) is 0 Å². The van der Waals surface area contributed by atoms with Crippen molar-refractivity contribution in [2.75, 3.05) is 12.0 Å². The Morgan fingerprint density at radius 3 is 2.80 bits per heavy atom. The highest BCUT2D eigenvalue weighted by Gasteiger charge is 2.24. The van der Waals surface area contributed by atoms with E-state index in [4.69, 9.17) is 5.73 Å². The molecule has 0 radical (unpaired) electrons. The molecule has 0 atom stereocenters. The van der Waals surface area contributed by atoms with Crippen LogP contribution in [0.2, 0.25) is 0 Å². The standard InChI is InChI=1S/C17H11N5OS2/c1-24-10-4-2-9(3-5-10)12-11(8-18)14(19)20-15-13(12)16(23)21-17-22(15)6-7-25-17/h2-7H,1H3,(H2,19,20,23)/p+1. The van der Waals surface area contributed by atoms with E-state index in [9.17, 15) is 10.1 Å². The summed E-state index contributed by atoms with van der Waals surface area (Å²) in [5.74, 6) is 0.115. The van der Waals surface area contributed by atoms with Crippen molar-refractivity contribution in [2.24, 2.45) is 0 Å². The fourth-order valence-corrected chi connectivity index (χ4v) is 3.97. The minimum atomic E-state index is -0.287. The molecule has 0 fully saturated rings. The van der Waals surface area contributed by atoms with Gasteiger partial charge in [-0.2, -0.15) is 9.66 Å². The lowest BCUT2D eigenvalue weighted by atomic mass is 9.98. The minimum absolute atomic E-state index is 0.115. The molecule has 25 heavy (non-hydrogen) atoms. The first-order chi connectivity index (χ1) is 12.1. The van der Waals surface area contributed by atoms with Crippen molar-refractivity contribution in [3.8, 4) is 17.2 Å². The molecule has 0 saturated carbocycles. The highest BCUT2D eigenvalue weighted by molar-refractivity contribution is 7.98. The molecule has 4 aromatic rings. The number of thioether (sulfide) groups is 1. The predicted molar refractivity (Wildman–Crippen MR) is 99.7 cm³/mol. The number of hydrogen-bond donors (Lipinski definition) is 2. The predicted octanol–water partition coefficient (Wildman–Crippen LogP) is 2.57. The van der Waals surface area contributed by atoms with Crippen LogP contribution in [0.4, 0.5) is 5.82 Å². The van der Waals surface area contributed by atoms with E-state index in [1.54, 1.807) is 16.2 Å². The van der Waals surface area contributed by atoms with Crippen LogP contribution in [0.5, 0.6) is 0 Å². The number of aromatic amines is 1. The summed E-state index contributed by atoms with van der Waals surface area (Å²) in [6.07, 6.45) is 3.81. The van der Waals surface area contributed by atoms with Gasteiger partial charge in [0.05, 0.1) is 6.20 Å². The van der Waals surface area contributed by atoms with Crippen molar-refractivity contribution < 1.29 is 4.40 Å². The molecule has 0 spiro atoms. The minimum Gasteiger partial charge on any atom is -0.369 e. The number of nitriles is 1. The summed E-state index contributed by atoms with van der Waals surface area (Å²) in [7, 11) is 0. The number of nitrogen functional groups attached to an aromatic ring is 1. The number of thiazole rings is 1. The van der Waals surface area contributed by atoms with Crippen LogP contribution in [0, 0.1) is 11.3 Å². The first-order valence-electron chi connectivity index (χ1n) is 7.33. The van der Waals surface area contributed by atoms with Gasteiger partial charge in [0, 0.05) is 15.8 Å². The number of rotatable bonds is 2. The molecular formula is C17H12N5OS2+. The number of anilines is 1. The van der Waals surface area contributed by atoms with Crippen molar-refractivity contribution >= 4 is 44.9 Å². The first kappa shape index (κ1) is 15.6. The third-order valence-electron chi connectivity index (χ3n) is 3.98. The van der Waals surface area contributed by atoms with E-state index in [1.807, 2.05) is 42.1 Å². The van der Waals surface area contributed by atoms with Gasteiger partial charge < -0.3 is 5.73 Å². The maximum absolute atomic E-state index is 12.7. The highest BCUT2D eigenvalue weighted by atomic mass is 32.2. The van der Waals surface area contributed by atoms with E-state index in [-0.39, 0.29) is 16.9 Å². The van der Waals surface area contributed by atoms with Crippen molar-refractivity contribution in [2.45, 2.75) is 4.90 Å². The summed E-state index contributed by atoms with van der Waals surface area (Å²) < 4.78 is 1.78. The Morgan fingerprint density at radius 2 is 2.12 bits per heavy atom. The molecule has 3 N–H and O–H groups in total. The molecule has 0 aliphatic heterocycles. The molecule has 122 valence electrons. The Hall–Kier alpha value is -2.89. The topological polar surface area (TPSA) is 99.7 Å². The average molecular weight is 366 g/mol. The van der Waals surface area contributed by atoms with Gasteiger partial charge in [0.2, 0.25) is 5.82 Å². The zero-order valence-electron chi connectivity index (χ0n) is 13.1. The van der Waals surface area contributed by atoms with Crippen LogP contribution >= 0.6 is 23.1 Å². The zero-order valence-corrected chi connectivity index (χ0v) is 14.7. The second-order valence-corrected chi connectivity index (χ2v) is 7.09. The van der Waals surface area contributed by atoms with E-state index in [2.05, 4.69) is 16.0 Å². The lowest BCUT2D eigenvalue weighted by Crippen LogP contribution is -2.28. The lowest BCUT2D eigenvalue weighted by Gasteiger charge is -2.08. The van der Waals surface area contributed by atoms with Crippen molar-refractivity contribution in [1.29, 1.82) is 5.26 Å². The van der Waals surface area contributed by atoms with Gasteiger partial charge in [-0.1, -0.05) is 28.5 Å². The van der Waals surface area contributed by atoms with E-state index >= 15 is 0 Å². The third-order valence-corrected chi connectivity index (χ3v) is 5.50. The van der Waals surface area contributed by atoms with Crippen LogP contribution in [-0.4, -0.2) is 16.2 Å². The third kappa shape index (κ3) is 2.36. The number of H-pyrrole nitrogens is 1. The van der Waals surface area contributed by atoms with Gasteiger partial charge in [0.25, 0.3) is 10.6 Å². The lowest BCUT2D eigenvalue weighted by molar-refractivity contribution is -0.482. The summed E-state index contributed by atoms with van der Waals surface area (Å²) in [5.41, 5.74) is 7.68.